The van der Waals surface area contributed by atoms with E-state index in [9.17, 15) is 9.90 Å². The van der Waals surface area contributed by atoms with Gasteiger partial charge in [-0.15, -0.1) is 0 Å². The first-order chi connectivity index (χ1) is 7.67. The fourth-order valence-electron chi connectivity index (χ4n) is 1.32. The maximum atomic E-state index is 11.7. The fourth-order valence-corrected chi connectivity index (χ4v) is 1.32. The number of carbonyl (C=O) groups excluding carboxylic acids is 1. The minimum atomic E-state index is -0.266. The summed E-state index contributed by atoms with van der Waals surface area (Å²) in [5.74, 6) is -0.209. The van der Waals surface area contributed by atoms with Gasteiger partial charge in [0.1, 0.15) is 5.75 Å². The molecule has 1 rings (SSSR count). The largest absolute Gasteiger partial charge is 0.508 e. The van der Waals surface area contributed by atoms with Gasteiger partial charge in [0.15, 0.2) is 0 Å². The molecule has 1 amide bonds. The van der Waals surface area contributed by atoms with E-state index in [4.69, 9.17) is 5.26 Å². The average Bonchev–Trinajstić information content (AvgIpc) is 2.28. The van der Waals surface area contributed by atoms with Gasteiger partial charge in [-0.25, -0.2) is 0 Å². The standard InChI is InChI=1S/C12H14N2O2/c1-2-10(6-7-13)14-12(16)9-4-3-5-11(15)8-9/h3-5,8,10,15H,2,6H2,1H3,(H,14,16). The van der Waals surface area contributed by atoms with Gasteiger partial charge in [0.2, 0.25) is 0 Å². The highest BCUT2D eigenvalue weighted by Gasteiger charge is 2.11. The van der Waals surface area contributed by atoms with Crippen LogP contribution < -0.4 is 5.32 Å². The predicted molar refractivity (Wildman–Crippen MR) is 59.9 cm³/mol. The number of aromatic hydroxyl groups is 1. The van der Waals surface area contributed by atoms with E-state index < -0.39 is 0 Å². The molecule has 0 aliphatic carbocycles. The zero-order chi connectivity index (χ0) is 12.0. The number of nitrogens with one attached hydrogen (secondary N) is 1. The molecule has 0 saturated carbocycles. The Morgan fingerprint density at radius 3 is 2.94 bits per heavy atom. The number of hydrogen-bond acceptors (Lipinski definition) is 3. The minimum Gasteiger partial charge on any atom is -0.508 e. The molecule has 16 heavy (non-hydrogen) atoms. The van der Waals surface area contributed by atoms with E-state index in [1.54, 1.807) is 12.1 Å². The summed E-state index contributed by atoms with van der Waals surface area (Å²) in [5.41, 5.74) is 0.399. The van der Waals surface area contributed by atoms with E-state index in [2.05, 4.69) is 5.32 Å². The summed E-state index contributed by atoms with van der Waals surface area (Å²) in [6.07, 6.45) is 0.999. The lowest BCUT2D eigenvalue weighted by Crippen LogP contribution is -2.34. The van der Waals surface area contributed by atoms with Crippen molar-refractivity contribution in [3.8, 4) is 11.8 Å². The summed E-state index contributed by atoms with van der Waals surface area (Å²) in [6, 6.07) is 8.01. The third-order valence-corrected chi connectivity index (χ3v) is 2.27. The second-order valence-corrected chi connectivity index (χ2v) is 3.49. The van der Waals surface area contributed by atoms with Crippen molar-refractivity contribution < 1.29 is 9.90 Å². The molecule has 1 aromatic carbocycles. The molecule has 0 radical (unpaired) electrons. The Kier molecular flexibility index (Phi) is 4.34. The lowest BCUT2D eigenvalue weighted by Gasteiger charge is -2.13. The molecule has 0 spiro atoms. The molecule has 2 N–H and O–H groups in total. The van der Waals surface area contributed by atoms with Crippen molar-refractivity contribution in [3.05, 3.63) is 29.8 Å². The molecule has 1 atom stereocenters. The summed E-state index contributed by atoms with van der Waals surface area (Å²) >= 11 is 0. The van der Waals surface area contributed by atoms with Gasteiger partial charge < -0.3 is 10.4 Å². The maximum absolute atomic E-state index is 11.7. The predicted octanol–water partition coefficient (Wildman–Crippen LogP) is 1.81. The maximum Gasteiger partial charge on any atom is 0.251 e. The monoisotopic (exact) mass is 218 g/mol. The molecule has 0 bridgehead atoms. The summed E-state index contributed by atoms with van der Waals surface area (Å²) in [7, 11) is 0. The lowest BCUT2D eigenvalue weighted by molar-refractivity contribution is 0.0936. The Morgan fingerprint density at radius 2 is 2.38 bits per heavy atom. The Hall–Kier alpha value is -2.02. The third kappa shape index (κ3) is 3.28. The SMILES string of the molecule is CCC(CC#N)NC(=O)c1cccc(O)c1. The molecule has 4 nitrogen and oxygen atoms in total. The zero-order valence-electron chi connectivity index (χ0n) is 9.10. The highest BCUT2D eigenvalue weighted by Crippen LogP contribution is 2.11. The Bertz CT molecular complexity index is 410. The van der Waals surface area contributed by atoms with Crippen LogP contribution in [0, 0.1) is 11.3 Å². The molecule has 0 fully saturated rings. The van der Waals surface area contributed by atoms with Gasteiger partial charge in [-0.1, -0.05) is 13.0 Å². The number of hydrogen-bond donors (Lipinski definition) is 2. The van der Waals surface area contributed by atoms with Crippen LogP contribution in [0.5, 0.6) is 5.75 Å². The van der Waals surface area contributed by atoms with E-state index in [-0.39, 0.29) is 17.7 Å². The van der Waals surface area contributed by atoms with Gasteiger partial charge in [-0.3, -0.25) is 4.79 Å². The lowest BCUT2D eigenvalue weighted by atomic mass is 10.1. The van der Waals surface area contributed by atoms with Gasteiger partial charge in [-0.2, -0.15) is 5.26 Å². The summed E-state index contributed by atoms with van der Waals surface area (Å²) in [4.78, 5) is 11.7. The zero-order valence-corrected chi connectivity index (χ0v) is 9.10. The minimum absolute atomic E-state index is 0.0565. The van der Waals surface area contributed by atoms with Gasteiger partial charge >= 0.3 is 0 Å². The molecule has 1 aromatic rings. The van der Waals surface area contributed by atoms with E-state index in [0.29, 0.717) is 18.4 Å². The molecule has 0 saturated heterocycles. The van der Waals surface area contributed by atoms with Crippen LogP contribution in [0.2, 0.25) is 0 Å². The molecular formula is C12H14N2O2. The van der Waals surface area contributed by atoms with Gasteiger partial charge in [0.05, 0.1) is 12.5 Å². The number of nitriles is 1. The van der Waals surface area contributed by atoms with Gasteiger partial charge in [-0.05, 0) is 24.6 Å². The number of amides is 1. The highest BCUT2D eigenvalue weighted by atomic mass is 16.3. The van der Waals surface area contributed by atoms with Crippen LogP contribution in [-0.4, -0.2) is 17.1 Å². The molecule has 4 heteroatoms. The second-order valence-electron chi connectivity index (χ2n) is 3.49. The first-order valence-corrected chi connectivity index (χ1v) is 5.14. The van der Waals surface area contributed by atoms with E-state index in [0.717, 1.165) is 0 Å². The molecule has 1 unspecified atom stereocenters. The van der Waals surface area contributed by atoms with E-state index in [1.807, 2.05) is 13.0 Å². The van der Waals surface area contributed by atoms with Crippen LogP contribution in [0.25, 0.3) is 0 Å². The number of rotatable bonds is 4. The molecule has 0 aromatic heterocycles. The molecule has 0 aliphatic heterocycles. The van der Waals surface area contributed by atoms with E-state index in [1.165, 1.54) is 12.1 Å². The fraction of sp³-hybridized carbons (Fsp3) is 0.333. The number of benzene rings is 1. The summed E-state index contributed by atoms with van der Waals surface area (Å²) in [5, 5.41) is 20.5. The van der Waals surface area contributed by atoms with Crippen LogP contribution >= 0.6 is 0 Å². The smallest absolute Gasteiger partial charge is 0.251 e. The van der Waals surface area contributed by atoms with Crippen molar-refractivity contribution in [1.29, 1.82) is 5.26 Å². The normalized spacial score (nSPS) is 11.5. The van der Waals surface area contributed by atoms with Crippen LogP contribution in [0.4, 0.5) is 0 Å². The number of phenolic OH excluding ortho intramolecular Hbond substituents is 1. The Morgan fingerprint density at radius 1 is 1.62 bits per heavy atom. The van der Waals surface area contributed by atoms with Crippen molar-refractivity contribution in [2.24, 2.45) is 0 Å². The first-order valence-electron chi connectivity index (χ1n) is 5.14. The Balaban J connectivity index is 2.68. The van der Waals surface area contributed by atoms with E-state index >= 15 is 0 Å². The quantitative estimate of drug-likeness (QED) is 0.809. The number of phenols is 1. The van der Waals surface area contributed by atoms with Gasteiger partial charge in [0.25, 0.3) is 5.91 Å². The van der Waals surface area contributed by atoms with Crippen molar-refractivity contribution >= 4 is 5.91 Å². The summed E-state index contributed by atoms with van der Waals surface area (Å²) in [6.45, 7) is 1.91. The van der Waals surface area contributed by atoms with Crippen molar-refractivity contribution in [2.45, 2.75) is 25.8 Å². The van der Waals surface area contributed by atoms with Crippen LogP contribution in [0.15, 0.2) is 24.3 Å². The number of carbonyl (C=O) groups is 1. The highest BCUT2D eigenvalue weighted by molar-refractivity contribution is 5.94. The van der Waals surface area contributed by atoms with Crippen LogP contribution in [0.1, 0.15) is 30.1 Å². The van der Waals surface area contributed by atoms with Crippen molar-refractivity contribution in [1.82, 2.24) is 5.32 Å². The van der Waals surface area contributed by atoms with Crippen molar-refractivity contribution in [2.75, 3.05) is 0 Å². The van der Waals surface area contributed by atoms with Crippen LogP contribution in [-0.2, 0) is 0 Å². The number of nitrogens with zero attached hydrogens (tertiary/aromatic N) is 1. The molecule has 0 heterocycles. The molecular weight excluding hydrogens is 204 g/mol. The van der Waals surface area contributed by atoms with Crippen LogP contribution in [0.3, 0.4) is 0 Å². The molecule has 84 valence electrons. The van der Waals surface area contributed by atoms with Gasteiger partial charge in [0, 0.05) is 11.6 Å². The first kappa shape index (κ1) is 12.1. The third-order valence-electron chi connectivity index (χ3n) is 2.27. The molecule has 0 aliphatic rings. The average molecular weight is 218 g/mol. The second kappa shape index (κ2) is 5.76. The Labute approximate surface area is 94.5 Å². The topological polar surface area (TPSA) is 73.1 Å². The summed E-state index contributed by atoms with van der Waals surface area (Å²) < 4.78 is 0. The van der Waals surface area contributed by atoms with Crippen molar-refractivity contribution in [3.63, 3.8) is 0 Å².